The quantitative estimate of drug-likeness (QED) is 0.493. The van der Waals surface area contributed by atoms with Crippen molar-refractivity contribution in [3.63, 3.8) is 0 Å². The first-order chi connectivity index (χ1) is 17.3. The van der Waals surface area contributed by atoms with E-state index in [0.717, 1.165) is 30.5 Å². The molecule has 0 unspecified atom stereocenters. The van der Waals surface area contributed by atoms with E-state index in [2.05, 4.69) is 10.3 Å². The molecule has 3 heterocycles. The number of unbranched alkanes of at least 4 members (excludes halogenated alkanes) is 1. The normalized spacial score (nSPS) is 15.8. The second kappa shape index (κ2) is 11.0. The minimum Gasteiger partial charge on any atom is -0.449 e. The van der Waals surface area contributed by atoms with Gasteiger partial charge in [0, 0.05) is 31.8 Å². The van der Waals surface area contributed by atoms with Crippen LogP contribution in [-0.2, 0) is 15.9 Å². The second-order valence-corrected chi connectivity index (χ2v) is 8.84. The Kier molecular flexibility index (Phi) is 7.83. The summed E-state index contributed by atoms with van der Waals surface area (Å²) in [4.78, 5) is 30.5. The maximum atomic E-state index is 15.2. The number of pyridine rings is 1. The van der Waals surface area contributed by atoms with Crippen LogP contribution in [0.1, 0.15) is 41.4 Å². The number of amides is 2. The Morgan fingerprint density at radius 3 is 2.69 bits per heavy atom. The highest BCUT2D eigenvalue weighted by atomic mass is 19.1. The van der Waals surface area contributed by atoms with Gasteiger partial charge in [0.25, 0.3) is 5.91 Å². The molecular formula is C26H30F2N4O4. The first-order valence-corrected chi connectivity index (χ1v) is 12.0. The van der Waals surface area contributed by atoms with E-state index in [9.17, 15) is 9.59 Å². The third-order valence-corrected chi connectivity index (χ3v) is 6.19. The fourth-order valence-corrected chi connectivity index (χ4v) is 4.29. The van der Waals surface area contributed by atoms with Crippen molar-refractivity contribution in [1.82, 2.24) is 19.6 Å². The van der Waals surface area contributed by atoms with E-state index < -0.39 is 29.7 Å². The van der Waals surface area contributed by atoms with Crippen LogP contribution in [0.4, 0.5) is 13.6 Å². The van der Waals surface area contributed by atoms with Crippen molar-refractivity contribution in [1.29, 1.82) is 0 Å². The molecule has 1 N–H and O–H groups in total. The minimum atomic E-state index is -0.888. The van der Waals surface area contributed by atoms with Crippen molar-refractivity contribution in [3.8, 4) is 11.3 Å². The van der Waals surface area contributed by atoms with Gasteiger partial charge in [-0.2, -0.15) is 0 Å². The summed E-state index contributed by atoms with van der Waals surface area (Å²) in [5.74, 6) is -2.37. The van der Waals surface area contributed by atoms with E-state index in [0.29, 0.717) is 31.1 Å². The third kappa shape index (κ3) is 5.33. The molecule has 1 atom stereocenters. The molecule has 0 radical (unpaired) electrons. The van der Waals surface area contributed by atoms with Crippen molar-refractivity contribution in [2.24, 2.45) is 0 Å². The summed E-state index contributed by atoms with van der Waals surface area (Å²) in [7, 11) is 1.39. The van der Waals surface area contributed by atoms with Gasteiger partial charge < -0.3 is 24.1 Å². The summed E-state index contributed by atoms with van der Waals surface area (Å²) in [6.45, 7) is 5.29. The van der Waals surface area contributed by atoms with Gasteiger partial charge in [-0.05, 0) is 43.2 Å². The predicted molar refractivity (Wildman–Crippen MR) is 130 cm³/mol. The molecule has 1 saturated heterocycles. The predicted octanol–water partition coefficient (Wildman–Crippen LogP) is 4.13. The number of benzene rings is 1. The lowest BCUT2D eigenvalue weighted by Gasteiger charge is -2.32. The van der Waals surface area contributed by atoms with Gasteiger partial charge >= 0.3 is 6.09 Å². The standard InChI is InChI=1S/C26H30F2N4O4/c1-4-5-9-36-26(34)31-8-10-35-18(15-31)14-21-24(30-22-11-16(2)6-7-32(21)22)23-19(27)12-17(13-20(23)28)25(33)29-3/h6-7,11-13,18H,4-5,8-10,14-15H2,1-3H3,(H,29,33)/t18-/m0/s1. The Morgan fingerprint density at radius 1 is 1.25 bits per heavy atom. The van der Waals surface area contributed by atoms with Crippen LogP contribution in [0.25, 0.3) is 16.9 Å². The lowest BCUT2D eigenvalue weighted by atomic mass is 10.0. The number of ether oxygens (including phenoxy) is 2. The number of nitrogens with zero attached hydrogens (tertiary/aromatic N) is 3. The molecule has 192 valence electrons. The van der Waals surface area contributed by atoms with Gasteiger partial charge in [-0.1, -0.05) is 13.3 Å². The molecule has 1 fully saturated rings. The van der Waals surface area contributed by atoms with Crippen LogP contribution in [0.5, 0.6) is 0 Å². The van der Waals surface area contributed by atoms with Crippen molar-refractivity contribution in [2.45, 2.75) is 39.2 Å². The summed E-state index contributed by atoms with van der Waals surface area (Å²) in [6.07, 6.45) is 2.95. The first kappa shape index (κ1) is 25.6. The van der Waals surface area contributed by atoms with Crippen LogP contribution < -0.4 is 5.32 Å². The molecule has 10 heteroatoms. The average Bonchev–Trinajstić information content (AvgIpc) is 3.19. The van der Waals surface area contributed by atoms with E-state index in [1.807, 2.05) is 26.0 Å². The summed E-state index contributed by atoms with van der Waals surface area (Å²) in [5, 5.41) is 2.37. The van der Waals surface area contributed by atoms with Gasteiger partial charge in [-0.25, -0.2) is 18.6 Å². The molecule has 2 aromatic heterocycles. The van der Waals surface area contributed by atoms with Crippen molar-refractivity contribution in [2.75, 3.05) is 33.4 Å². The Balaban J connectivity index is 1.68. The number of aryl methyl sites for hydroxylation is 1. The highest BCUT2D eigenvalue weighted by molar-refractivity contribution is 5.94. The zero-order chi connectivity index (χ0) is 25.8. The Bertz CT molecular complexity index is 1250. The minimum absolute atomic E-state index is 0.120. The van der Waals surface area contributed by atoms with Crippen LogP contribution in [0, 0.1) is 18.6 Å². The Labute approximate surface area is 208 Å². The van der Waals surface area contributed by atoms with E-state index >= 15 is 8.78 Å². The van der Waals surface area contributed by atoms with Gasteiger partial charge in [0.15, 0.2) is 0 Å². The van der Waals surface area contributed by atoms with Gasteiger partial charge in [0.1, 0.15) is 17.3 Å². The average molecular weight is 501 g/mol. The number of nitrogens with one attached hydrogen (secondary N) is 1. The summed E-state index contributed by atoms with van der Waals surface area (Å²) in [6, 6.07) is 5.70. The number of hydrogen-bond donors (Lipinski definition) is 1. The fraction of sp³-hybridized carbons (Fsp3) is 0.423. The van der Waals surface area contributed by atoms with E-state index in [1.54, 1.807) is 15.5 Å². The maximum Gasteiger partial charge on any atom is 0.409 e. The van der Waals surface area contributed by atoms with Gasteiger partial charge in [-0.15, -0.1) is 0 Å². The smallest absolute Gasteiger partial charge is 0.409 e. The van der Waals surface area contributed by atoms with E-state index in [-0.39, 0.29) is 29.8 Å². The molecule has 0 aliphatic carbocycles. The van der Waals surface area contributed by atoms with Crippen molar-refractivity contribution < 1.29 is 27.8 Å². The number of carbonyl (C=O) groups excluding carboxylic acids is 2. The topological polar surface area (TPSA) is 85.2 Å². The molecule has 0 saturated carbocycles. The molecular weight excluding hydrogens is 470 g/mol. The largest absolute Gasteiger partial charge is 0.449 e. The highest BCUT2D eigenvalue weighted by Gasteiger charge is 2.29. The molecule has 8 nitrogen and oxygen atoms in total. The van der Waals surface area contributed by atoms with Crippen LogP contribution in [0.15, 0.2) is 30.5 Å². The molecule has 3 aromatic rings. The molecule has 4 rings (SSSR count). The number of halogens is 2. The number of aromatic nitrogens is 2. The zero-order valence-electron chi connectivity index (χ0n) is 20.6. The summed E-state index contributed by atoms with van der Waals surface area (Å²) in [5.41, 5.74) is 1.71. The number of hydrogen-bond acceptors (Lipinski definition) is 5. The number of fused-ring (bicyclic) bond motifs is 1. The molecule has 1 aliphatic heterocycles. The Hall–Kier alpha value is -3.53. The molecule has 0 spiro atoms. The molecule has 0 bridgehead atoms. The van der Waals surface area contributed by atoms with Crippen LogP contribution in [0.2, 0.25) is 0 Å². The molecule has 2 amide bonds. The second-order valence-electron chi connectivity index (χ2n) is 8.84. The fourth-order valence-electron chi connectivity index (χ4n) is 4.29. The van der Waals surface area contributed by atoms with Crippen LogP contribution in [-0.4, -0.2) is 65.7 Å². The summed E-state index contributed by atoms with van der Waals surface area (Å²) >= 11 is 0. The van der Waals surface area contributed by atoms with Gasteiger partial charge in [0.2, 0.25) is 0 Å². The SMILES string of the molecule is CCCCOC(=O)N1CCO[C@@H](Cc2c(-c3c(F)cc(C(=O)NC)cc3F)nc3cc(C)ccn23)C1. The van der Waals surface area contributed by atoms with E-state index in [4.69, 9.17) is 9.47 Å². The zero-order valence-corrected chi connectivity index (χ0v) is 20.6. The molecule has 1 aliphatic rings. The number of imidazole rings is 1. The van der Waals surface area contributed by atoms with Crippen LogP contribution >= 0.6 is 0 Å². The van der Waals surface area contributed by atoms with Gasteiger partial charge in [-0.3, -0.25) is 4.79 Å². The third-order valence-electron chi connectivity index (χ3n) is 6.19. The molecule has 36 heavy (non-hydrogen) atoms. The number of rotatable bonds is 7. The molecule has 1 aromatic carbocycles. The van der Waals surface area contributed by atoms with Crippen LogP contribution in [0.3, 0.4) is 0 Å². The lowest BCUT2D eigenvalue weighted by Crippen LogP contribution is -2.46. The monoisotopic (exact) mass is 500 g/mol. The number of morpholine rings is 1. The van der Waals surface area contributed by atoms with Gasteiger partial charge in [0.05, 0.1) is 42.8 Å². The van der Waals surface area contributed by atoms with Crippen molar-refractivity contribution >= 4 is 17.6 Å². The highest BCUT2D eigenvalue weighted by Crippen LogP contribution is 2.32. The Morgan fingerprint density at radius 2 is 2.00 bits per heavy atom. The van der Waals surface area contributed by atoms with Crippen molar-refractivity contribution in [3.05, 3.63) is 58.9 Å². The number of carbonyl (C=O) groups is 2. The van der Waals surface area contributed by atoms with E-state index in [1.165, 1.54) is 7.05 Å². The first-order valence-electron chi connectivity index (χ1n) is 12.0. The maximum absolute atomic E-state index is 15.2. The summed E-state index contributed by atoms with van der Waals surface area (Å²) < 4.78 is 43.4. The lowest BCUT2D eigenvalue weighted by molar-refractivity contribution is -0.0269.